The molecule has 0 aromatic carbocycles. The van der Waals surface area contributed by atoms with Gasteiger partial charge in [0.15, 0.2) is 0 Å². The Morgan fingerprint density at radius 1 is 1.57 bits per heavy atom. The Kier molecular flexibility index (Phi) is 5.07. The van der Waals surface area contributed by atoms with Gasteiger partial charge in [-0.3, -0.25) is 0 Å². The monoisotopic (exact) mass is 225 g/mol. The number of hydrogen-bond acceptors (Lipinski definition) is 4. The minimum Gasteiger partial charge on any atom is -0.308 e. The largest absolute Gasteiger partial charge is 0.308 e. The van der Waals surface area contributed by atoms with Crippen LogP contribution in [0.1, 0.15) is 0 Å². The van der Waals surface area contributed by atoms with E-state index in [1.807, 2.05) is 32.3 Å². The third-order valence-electron chi connectivity index (χ3n) is 1.56. The molecule has 0 aliphatic heterocycles. The Labute approximate surface area is 94.7 Å². The van der Waals surface area contributed by atoms with Crippen molar-refractivity contribution in [2.75, 3.05) is 20.6 Å². The summed E-state index contributed by atoms with van der Waals surface area (Å²) < 4.78 is 0. The fraction of sp³-hybridized carbons (Fsp3) is 0.400. The first-order chi connectivity index (χ1) is 6.72. The topological polar surface area (TPSA) is 16.1 Å². The highest BCUT2D eigenvalue weighted by molar-refractivity contribution is 8.01. The van der Waals surface area contributed by atoms with E-state index in [0.29, 0.717) is 0 Å². The van der Waals surface area contributed by atoms with Crippen molar-refractivity contribution in [3.8, 4) is 0 Å². The van der Waals surface area contributed by atoms with Crippen molar-refractivity contribution in [1.82, 2.24) is 9.88 Å². The second-order valence-electron chi connectivity index (χ2n) is 3.15. The van der Waals surface area contributed by atoms with Crippen molar-refractivity contribution < 1.29 is 0 Å². The van der Waals surface area contributed by atoms with Crippen LogP contribution in [0.25, 0.3) is 0 Å². The predicted octanol–water partition coefficient (Wildman–Crippen LogP) is 1.98. The maximum Gasteiger partial charge on any atom is 0.0966 e. The van der Waals surface area contributed by atoms with E-state index < -0.39 is 0 Å². The zero-order chi connectivity index (χ0) is 10.4. The Balaban J connectivity index is 2.53. The van der Waals surface area contributed by atoms with Gasteiger partial charge in [0, 0.05) is 18.1 Å². The number of nitrogens with zero attached hydrogens (tertiary/aromatic N) is 2. The second kappa shape index (κ2) is 6.11. The Morgan fingerprint density at radius 2 is 2.36 bits per heavy atom. The standard InChI is InChI=1S/C10H13N2S2/c1-12(2)7-9(8-13)14-10-5-3-4-6-11-10/h3-6,9H,7H2,1-2H3. The van der Waals surface area contributed by atoms with Gasteiger partial charge in [-0.05, 0) is 26.2 Å². The second-order valence-corrected chi connectivity index (χ2v) is 4.61. The van der Waals surface area contributed by atoms with E-state index >= 15 is 0 Å². The van der Waals surface area contributed by atoms with E-state index in [1.165, 1.54) is 0 Å². The minimum atomic E-state index is 0.204. The highest BCUT2D eigenvalue weighted by Crippen LogP contribution is 2.19. The molecule has 14 heavy (non-hydrogen) atoms. The third kappa shape index (κ3) is 4.17. The van der Waals surface area contributed by atoms with Crippen LogP contribution in [0.15, 0.2) is 29.4 Å². The lowest BCUT2D eigenvalue weighted by molar-refractivity contribution is 0.427. The highest BCUT2D eigenvalue weighted by Gasteiger charge is 2.09. The summed E-state index contributed by atoms with van der Waals surface area (Å²) >= 11 is 6.51. The number of aromatic nitrogens is 1. The van der Waals surface area contributed by atoms with Crippen molar-refractivity contribution in [2.45, 2.75) is 10.3 Å². The molecule has 0 fully saturated rings. The molecule has 0 N–H and O–H groups in total. The molecular formula is C10H13N2S2. The van der Waals surface area contributed by atoms with Crippen molar-refractivity contribution in [3.63, 3.8) is 0 Å². The van der Waals surface area contributed by atoms with E-state index in [1.54, 1.807) is 18.0 Å². The van der Waals surface area contributed by atoms with Gasteiger partial charge in [0.05, 0.1) is 10.3 Å². The van der Waals surface area contributed by atoms with Gasteiger partial charge >= 0.3 is 0 Å². The fourth-order valence-corrected chi connectivity index (χ4v) is 2.20. The highest BCUT2D eigenvalue weighted by atomic mass is 32.2. The van der Waals surface area contributed by atoms with E-state index in [-0.39, 0.29) is 5.25 Å². The fourth-order valence-electron chi connectivity index (χ4n) is 0.993. The number of thioether (sulfide) groups is 1. The van der Waals surface area contributed by atoms with E-state index in [4.69, 9.17) is 12.2 Å². The molecule has 0 amide bonds. The molecule has 1 atom stereocenters. The van der Waals surface area contributed by atoms with Crippen LogP contribution in [0.5, 0.6) is 0 Å². The summed E-state index contributed by atoms with van der Waals surface area (Å²) in [5.41, 5.74) is 0. The lowest BCUT2D eigenvalue weighted by atomic mass is 10.4. The number of hydrogen-bond donors (Lipinski definition) is 0. The van der Waals surface area contributed by atoms with Gasteiger partial charge in [0.25, 0.3) is 0 Å². The lowest BCUT2D eigenvalue weighted by Gasteiger charge is -2.15. The zero-order valence-corrected chi connectivity index (χ0v) is 9.94. The molecule has 1 unspecified atom stereocenters. The zero-order valence-electron chi connectivity index (χ0n) is 8.30. The summed E-state index contributed by atoms with van der Waals surface area (Å²) in [5, 5.41) is 4.05. The lowest BCUT2D eigenvalue weighted by Crippen LogP contribution is -2.24. The predicted molar refractivity (Wildman–Crippen MR) is 65.0 cm³/mol. The van der Waals surface area contributed by atoms with E-state index in [9.17, 15) is 0 Å². The molecule has 0 saturated carbocycles. The molecule has 2 nitrogen and oxygen atoms in total. The van der Waals surface area contributed by atoms with Crippen LogP contribution >= 0.6 is 24.0 Å². The number of thiocarbonyl (C=S) groups is 1. The summed E-state index contributed by atoms with van der Waals surface area (Å²) in [6.45, 7) is 0.894. The quantitative estimate of drug-likeness (QED) is 0.562. The molecule has 1 aromatic rings. The Bertz CT molecular complexity index is 275. The summed E-state index contributed by atoms with van der Waals surface area (Å²) in [4.78, 5) is 6.33. The van der Waals surface area contributed by atoms with Crippen LogP contribution in [-0.4, -0.2) is 41.1 Å². The molecule has 1 rings (SSSR count). The molecular weight excluding hydrogens is 212 g/mol. The third-order valence-corrected chi connectivity index (χ3v) is 3.03. The molecule has 0 spiro atoms. The molecule has 1 heterocycles. The van der Waals surface area contributed by atoms with Crippen LogP contribution in [-0.2, 0) is 0 Å². The minimum absolute atomic E-state index is 0.204. The van der Waals surface area contributed by atoms with Gasteiger partial charge in [-0.1, -0.05) is 30.0 Å². The van der Waals surface area contributed by atoms with Crippen LogP contribution in [0.2, 0.25) is 0 Å². The molecule has 0 bridgehead atoms. The van der Waals surface area contributed by atoms with Gasteiger partial charge in [0.2, 0.25) is 0 Å². The molecule has 75 valence electrons. The van der Waals surface area contributed by atoms with Gasteiger partial charge in [-0.2, -0.15) is 0 Å². The summed E-state index contributed by atoms with van der Waals surface area (Å²) in [5.74, 6) is 0. The van der Waals surface area contributed by atoms with Gasteiger partial charge < -0.3 is 4.90 Å². The SMILES string of the molecule is CN(C)CC([C]=S)Sc1ccccn1. The Morgan fingerprint density at radius 3 is 2.86 bits per heavy atom. The number of rotatable bonds is 5. The average molecular weight is 225 g/mol. The normalized spacial score (nSPS) is 12.8. The van der Waals surface area contributed by atoms with Crippen LogP contribution in [0, 0.1) is 0 Å². The number of pyridine rings is 1. The van der Waals surface area contributed by atoms with Crippen molar-refractivity contribution >= 4 is 29.3 Å². The summed E-state index contributed by atoms with van der Waals surface area (Å²) in [6, 6.07) is 5.87. The van der Waals surface area contributed by atoms with Crippen molar-refractivity contribution in [1.29, 1.82) is 0 Å². The van der Waals surface area contributed by atoms with Crippen molar-refractivity contribution in [2.24, 2.45) is 0 Å². The maximum atomic E-state index is 4.87. The van der Waals surface area contributed by atoms with Crippen molar-refractivity contribution in [3.05, 3.63) is 24.4 Å². The first-order valence-corrected chi connectivity index (χ1v) is 5.61. The molecule has 1 aromatic heterocycles. The first-order valence-electron chi connectivity index (χ1n) is 4.32. The van der Waals surface area contributed by atoms with Crippen LogP contribution in [0.3, 0.4) is 0 Å². The maximum absolute atomic E-state index is 4.87. The van der Waals surface area contributed by atoms with E-state index in [0.717, 1.165) is 11.6 Å². The first kappa shape index (κ1) is 11.6. The van der Waals surface area contributed by atoms with Gasteiger partial charge in [-0.25, -0.2) is 4.98 Å². The average Bonchev–Trinajstić information content (AvgIpc) is 2.17. The Hall–Kier alpha value is -0.450. The molecule has 0 aliphatic rings. The van der Waals surface area contributed by atoms with Crippen LogP contribution in [0.4, 0.5) is 0 Å². The molecule has 0 saturated heterocycles. The summed E-state index contributed by atoms with van der Waals surface area (Å²) in [7, 11) is 4.05. The molecule has 0 aliphatic carbocycles. The smallest absolute Gasteiger partial charge is 0.0966 e. The van der Waals surface area contributed by atoms with E-state index in [2.05, 4.69) is 15.3 Å². The van der Waals surface area contributed by atoms with Gasteiger partial charge in [-0.15, -0.1) is 0 Å². The van der Waals surface area contributed by atoms with Crippen LogP contribution < -0.4 is 0 Å². The summed E-state index contributed by atoms with van der Waals surface area (Å²) in [6.07, 6.45) is 1.79. The molecule has 4 heteroatoms. The van der Waals surface area contributed by atoms with Gasteiger partial charge in [0.1, 0.15) is 0 Å². The molecule has 1 radical (unpaired) electrons.